The number of hydrogen-bond donors (Lipinski definition) is 1. The molecule has 3 rings (SSSR count). The molecule has 26 heavy (non-hydrogen) atoms. The van der Waals surface area contributed by atoms with E-state index in [-0.39, 0.29) is 0 Å². The van der Waals surface area contributed by atoms with Crippen molar-refractivity contribution in [1.82, 2.24) is 4.98 Å². The Morgan fingerprint density at radius 2 is 1.81 bits per heavy atom. The highest BCUT2D eigenvalue weighted by atomic mass is 14.8. The molecule has 1 N–H and O–H groups in total. The summed E-state index contributed by atoms with van der Waals surface area (Å²) >= 11 is 0. The molecule has 0 atom stereocenters. The summed E-state index contributed by atoms with van der Waals surface area (Å²) in [5.74, 6) is 0. The molecule has 0 saturated heterocycles. The largest absolute Gasteiger partial charge is 0.355 e. The van der Waals surface area contributed by atoms with Gasteiger partial charge in [-0.25, -0.2) is 4.99 Å². The Balaban J connectivity index is 2.28. The number of hydrogen-bond acceptors (Lipinski definition) is 2. The third-order valence-corrected chi connectivity index (χ3v) is 4.57. The van der Waals surface area contributed by atoms with E-state index in [1.54, 1.807) is 7.05 Å². The van der Waals surface area contributed by atoms with Gasteiger partial charge in [0, 0.05) is 29.0 Å². The molecule has 1 aliphatic heterocycles. The van der Waals surface area contributed by atoms with Crippen molar-refractivity contribution in [1.29, 1.82) is 0 Å². The van der Waals surface area contributed by atoms with Crippen LogP contribution in [0.4, 0.5) is 0 Å². The van der Waals surface area contributed by atoms with Crippen LogP contribution in [0, 0.1) is 20.8 Å². The molecule has 0 aliphatic carbocycles. The van der Waals surface area contributed by atoms with Crippen LogP contribution < -0.4 is 10.7 Å². The molecule has 3 nitrogen and oxygen atoms in total. The topological polar surface area (TPSA) is 40.5 Å². The maximum atomic E-state index is 4.85. The van der Waals surface area contributed by atoms with Gasteiger partial charge >= 0.3 is 0 Å². The van der Waals surface area contributed by atoms with Crippen molar-refractivity contribution < 1.29 is 0 Å². The molecule has 0 bridgehead atoms. The van der Waals surface area contributed by atoms with E-state index >= 15 is 0 Å². The number of rotatable bonds is 3. The van der Waals surface area contributed by atoms with Crippen LogP contribution in [0.3, 0.4) is 0 Å². The quantitative estimate of drug-likeness (QED) is 0.829. The van der Waals surface area contributed by atoms with Crippen LogP contribution in [-0.4, -0.2) is 23.5 Å². The Kier molecular flexibility index (Phi) is 4.90. The average Bonchev–Trinajstić information content (AvgIpc) is 3.19. The lowest BCUT2D eigenvalue weighted by Crippen LogP contribution is -2.18. The molecule has 0 radical (unpaired) electrons. The van der Waals surface area contributed by atoms with E-state index in [9.17, 15) is 0 Å². The molecule has 1 aromatic carbocycles. The fraction of sp³-hybridized carbons (Fsp3) is 0.217. The highest BCUT2D eigenvalue weighted by Crippen LogP contribution is 2.27. The van der Waals surface area contributed by atoms with E-state index < -0.39 is 0 Å². The molecule has 0 saturated carbocycles. The Morgan fingerprint density at radius 1 is 1.12 bits per heavy atom. The molecule has 0 unspecified atom stereocenters. The van der Waals surface area contributed by atoms with Crippen LogP contribution >= 0.6 is 0 Å². The summed E-state index contributed by atoms with van der Waals surface area (Å²) < 4.78 is 0. The van der Waals surface area contributed by atoms with Crippen LogP contribution in [0.1, 0.15) is 29.2 Å². The summed E-state index contributed by atoms with van der Waals surface area (Å²) in [5.41, 5.74) is 8.94. The van der Waals surface area contributed by atoms with E-state index in [2.05, 4.69) is 61.6 Å². The van der Waals surface area contributed by atoms with Crippen LogP contribution in [0.5, 0.6) is 0 Å². The van der Waals surface area contributed by atoms with Crippen molar-refractivity contribution >= 4 is 23.6 Å². The van der Waals surface area contributed by atoms with Crippen LogP contribution in [0.25, 0.3) is 12.2 Å². The van der Waals surface area contributed by atoms with E-state index in [1.807, 2.05) is 25.1 Å². The molecular formula is C23H25N3. The normalized spacial score (nSPS) is 17.0. The van der Waals surface area contributed by atoms with Gasteiger partial charge in [0.05, 0.1) is 11.4 Å². The third kappa shape index (κ3) is 3.52. The number of nitrogens with one attached hydrogen (secondary N) is 1. The fourth-order valence-electron chi connectivity index (χ4n) is 3.44. The number of aryl methyl sites for hydroxylation is 3. The molecule has 0 fully saturated rings. The lowest BCUT2D eigenvalue weighted by atomic mass is 9.91. The Hall–Kier alpha value is -2.94. The summed E-state index contributed by atoms with van der Waals surface area (Å²) in [6.45, 7) is 12.4. The molecule has 0 amide bonds. The first-order valence-electron chi connectivity index (χ1n) is 8.78. The summed E-state index contributed by atoms with van der Waals surface area (Å²) in [7, 11) is 1.79. The second-order valence-electron chi connectivity index (χ2n) is 6.81. The summed E-state index contributed by atoms with van der Waals surface area (Å²) in [4.78, 5) is 12.4. The van der Waals surface area contributed by atoms with Gasteiger partial charge in [-0.15, -0.1) is 0 Å². The number of allylic oxidation sites excluding steroid dienone is 3. The average molecular weight is 343 g/mol. The SMILES string of the molecule is C=c1ccc(=C(C2=N/C(=C\C(C)=NC)C=C2)c2c(C)cc(C)cc2C)[nH]1. The minimum Gasteiger partial charge on any atom is -0.355 e. The van der Waals surface area contributed by atoms with E-state index in [4.69, 9.17) is 4.99 Å². The maximum absolute atomic E-state index is 4.85. The number of nitrogens with zero attached hydrogens (tertiary/aromatic N) is 2. The van der Waals surface area contributed by atoms with Gasteiger partial charge < -0.3 is 4.98 Å². The van der Waals surface area contributed by atoms with Gasteiger partial charge in [0.25, 0.3) is 0 Å². The Labute approximate surface area is 154 Å². The number of aromatic amines is 1. The number of aromatic nitrogens is 1. The second-order valence-corrected chi connectivity index (χ2v) is 6.81. The van der Waals surface area contributed by atoms with Gasteiger partial charge in [-0.1, -0.05) is 24.3 Å². The van der Waals surface area contributed by atoms with Crippen molar-refractivity contribution in [3.8, 4) is 0 Å². The molecule has 2 aromatic rings. The lowest BCUT2D eigenvalue weighted by Gasteiger charge is -2.14. The second kappa shape index (κ2) is 7.12. The standard InChI is InChI=1S/C23H25N3/c1-14-11-15(2)22(16(3)12-14)23(20-9-7-17(4)25-20)21-10-8-19(26-21)13-18(5)24-6/h7-13,25H,4H2,1-3,5-6H3/b19-13-,23-20?,24-18?. The summed E-state index contributed by atoms with van der Waals surface area (Å²) in [5, 5.41) is 1.93. The lowest BCUT2D eigenvalue weighted by molar-refractivity contribution is 1.24. The zero-order chi connectivity index (χ0) is 18.8. The molecule has 1 aromatic heterocycles. The molecule has 0 spiro atoms. The van der Waals surface area contributed by atoms with Crippen LogP contribution in [0.2, 0.25) is 0 Å². The summed E-state index contributed by atoms with van der Waals surface area (Å²) in [6, 6.07) is 8.52. The Bertz CT molecular complexity index is 1070. The maximum Gasteiger partial charge on any atom is 0.0737 e. The highest BCUT2D eigenvalue weighted by Gasteiger charge is 2.18. The summed E-state index contributed by atoms with van der Waals surface area (Å²) in [6.07, 6.45) is 6.11. The molecule has 132 valence electrons. The molecule has 3 heteroatoms. The van der Waals surface area contributed by atoms with E-state index in [1.165, 1.54) is 22.3 Å². The minimum absolute atomic E-state index is 0.896. The van der Waals surface area contributed by atoms with Crippen molar-refractivity contribution in [3.63, 3.8) is 0 Å². The number of aliphatic imine (C=N–C) groups is 2. The van der Waals surface area contributed by atoms with Gasteiger partial charge in [0.1, 0.15) is 0 Å². The zero-order valence-corrected chi connectivity index (χ0v) is 16.1. The van der Waals surface area contributed by atoms with Gasteiger partial charge in [0.2, 0.25) is 0 Å². The smallest absolute Gasteiger partial charge is 0.0737 e. The van der Waals surface area contributed by atoms with Gasteiger partial charge in [-0.05, 0) is 74.7 Å². The predicted molar refractivity (Wildman–Crippen MR) is 112 cm³/mol. The monoisotopic (exact) mass is 343 g/mol. The first-order valence-corrected chi connectivity index (χ1v) is 8.78. The predicted octanol–water partition coefficient (Wildman–Crippen LogP) is 3.53. The molecule has 2 heterocycles. The molecule has 1 aliphatic rings. The number of benzene rings is 1. The molecular weight excluding hydrogens is 318 g/mol. The van der Waals surface area contributed by atoms with Crippen LogP contribution in [0.15, 0.2) is 58.2 Å². The van der Waals surface area contributed by atoms with Gasteiger partial charge in [-0.3, -0.25) is 4.99 Å². The Morgan fingerprint density at radius 3 is 2.38 bits per heavy atom. The van der Waals surface area contributed by atoms with Crippen molar-refractivity contribution in [2.75, 3.05) is 7.05 Å². The van der Waals surface area contributed by atoms with Crippen molar-refractivity contribution in [2.24, 2.45) is 9.98 Å². The van der Waals surface area contributed by atoms with Crippen LogP contribution in [-0.2, 0) is 0 Å². The first-order chi connectivity index (χ1) is 12.4. The van der Waals surface area contributed by atoms with Gasteiger partial charge in [0.15, 0.2) is 0 Å². The third-order valence-electron chi connectivity index (χ3n) is 4.57. The highest BCUT2D eigenvalue weighted by molar-refractivity contribution is 6.30. The fourth-order valence-corrected chi connectivity index (χ4v) is 3.44. The first kappa shape index (κ1) is 17.9. The van der Waals surface area contributed by atoms with E-state index in [0.717, 1.165) is 33.4 Å². The zero-order valence-electron chi connectivity index (χ0n) is 16.1. The van der Waals surface area contributed by atoms with Crippen molar-refractivity contribution in [2.45, 2.75) is 27.7 Å². The number of H-pyrrole nitrogens is 1. The van der Waals surface area contributed by atoms with Crippen molar-refractivity contribution in [3.05, 3.63) is 81.1 Å². The van der Waals surface area contributed by atoms with E-state index in [0.29, 0.717) is 0 Å². The van der Waals surface area contributed by atoms with Gasteiger partial charge in [-0.2, -0.15) is 0 Å². The minimum atomic E-state index is 0.896.